The Bertz CT molecular complexity index is 432. The van der Waals surface area contributed by atoms with E-state index in [2.05, 4.69) is 17.2 Å². The van der Waals surface area contributed by atoms with Gasteiger partial charge >= 0.3 is 0 Å². The van der Waals surface area contributed by atoms with Crippen LogP contribution in [0.5, 0.6) is 11.5 Å². The molecule has 0 heterocycles. The second-order valence-corrected chi connectivity index (χ2v) is 3.25. The van der Waals surface area contributed by atoms with Crippen LogP contribution < -0.4 is 14.8 Å². The number of rotatable bonds is 4. The molecule has 0 radical (unpaired) electrons. The molecule has 0 unspecified atom stereocenters. The summed E-state index contributed by atoms with van der Waals surface area (Å²) in [7, 11) is 4.89. The first kappa shape index (κ1) is 13.1. The Morgan fingerprint density at radius 2 is 1.88 bits per heavy atom. The summed E-state index contributed by atoms with van der Waals surface area (Å²) in [5, 5.41) is 2.92. The summed E-state index contributed by atoms with van der Waals surface area (Å²) in [5.74, 6) is 6.96. The van der Waals surface area contributed by atoms with E-state index in [0.717, 1.165) is 6.29 Å². The van der Waals surface area contributed by atoms with Crippen LogP contribution in [0, 0.1) is 11.8 Å². The van der Waals surface area contributed by atoms with Gasteiger partial charge in [0.25, 0.3) is 0 Å². The van der Waals surface area contributed by atoms with Crippen LogP contribution in [0.15, 0.2) is 12.1 Å². The quantitative estimate of drug-likeness (QED) is 0.624. The van der Waals surface area contributed by atoms with Crippen LogP contribution in [-0.2, 0) is 0 Å². The first-order valence-electron chi connectivity index (χ1n) is 5.11. The van der Waals surface area contributed by atoms with Crippen molar-refractivity contribution in [2.24, 2.45) is 0 Å². The summed E-state index contributed by atoms with van der Waals surface area (Å²) < 4.78 is 10.4. The van der Waals surface area contributed by atoms with Gasteiger partial charge in [-0.25, -0.2) is 0 Å². The zero-order valence-electron chi connectivity index (χ0n) is 10.2. The Labute approximate surface area is 101 Å². The van der Waals surface area contributed by atoms with Crippen molar-refractivity contribution in [3.05, 3.63) is 23.3 Å². The lowest BCUT2D eigenvalue weighted by molar-refractivity contribution is 0.112. The fraction of sp³-hybridized carbons (Fsp3) is 0.308. The van der Waals surface area contributed by atoms with Crippen LogP contribution in [0.3, 0.4) is 0 Å². The van der Waals surface area contributed by atoms with Gasteiger partial charge in [0.15, 0.2) is 0 Å². The molecule has 1 rings (SSSR count). The normalized spacial score (nSPS) is 9.12. The number of nitrogens with one attached hydrogen (secondary N) is 1. The van der Waals surface area contributed by atoms with Gasteiger partial charge in [0.1, 0.15) is 23.3 Å². The maximum Gasteiger partial charge on any atom is 0.150 e. The summed E-state index contributed by atoms with van der Waals surface area (Å²) in [4.78, 5) is 10.8. The largest absolute Gasteiger partial charge is 0.495 e. The Morgan fingerprint density at radius 1 is 1.29 bits per heavy atom. The van der Waals surface area contributed by atoms with E-state index in [0.29, 0.717) is 29.2 Å². The summed E-state index contributed by atoms with van der Waals surface area (Å²) >= 11 is 0. The standard InChI is InChI=1S/C13H15NO3/c1-14-6-4-5-11-12(16-2)7-10(9-15)8-13(11)17-3/h7-9,14H,6H2,1-3H3. The summed E-state index contributed by atoms with van der Waals surface area (Å²) in [5.41, 5.74) is 1.15. The minimum Gasteiger partial charge on any atom is -0.495 e. The zero-order chi connectivity index (χ0) is 12.7. The number of carbonyl (C=O) groups is 1. The van der Waals surface area contributed by atoms with Gasteiger partial charge in [0.2, 0.25) is 0 Å². The third kappa shape index (κ3) is 3.23. The first-order chi connectivity index (χ1) is 8.26. The molecular formula is C13H15NO3. The van der Waals surface area contributed by atoms with Crippen LogP contribution >= 0.6 is 0 Å². The molecule has 90 valence electrons. The fourth-order valence-corrected chi connectivity index (χ4v) is 1.34. The lowest BCUT2D eigenvalue weighted by atomic mass is 10.1. The molecule has 0 aliphatic heterocycles. The van der Waals surface area contributed by atoms with Crippen LogP contribution in [0.25, 0.3) is 0 Å². The number of benzene rings is 1. The number of ether oxygens (including phenoxy) is 2. The fourth-order valence-electron chi connectivity index (χ4n) is 1.34. The van der Waals surface area contributed by atoms with E-state index in [4.69, 9.17) is 9.47 Å². The Morgan fingerprint density at radius 3 is 2.29 bits per heavy atom. The molecular weight excluding hydrogens is 218 g/mol. The van der Waals surface area contributed by atoms with Crippen molar-refractivity contribution in [1.29, 1.82) is 0 Å². The average Bonchev–Trinajstić information content (AvgIpc) is 2.38. The molecule has 1 aromatic carbocycles. The summed E-state index contributed by atoms with van der Waals surface area (Å²) in [6, 6.07) is 3.28. The van der Waals surface area contributed by atoms with Crippen LogP contribution in [0.4, 0.5) is 0 Å². The maximum absolute atomic E-state index is 10.8. The molecule has 4 nitrogen and oxygen atoms in total. The number of aldehydes is 1. The first-order valence-corrected chi connectivity index (χ1v) is 5.11. The van der Waals surface area contributed by atoms with E-state index >= 15 is 0 Å². The number of hydrogen-bond acceptors (Lipinski definition) is 4. The molecule has 1 aromatic rings. The third-order valence-corrected chi connectivity index (χ3v) is 2.14. The Balaban J connectivity index is 3.25. The highest BCUT2D eigenvalue weighted by Gasteiger charge is 2.10. The van der Waals surface area contributed by atoms with E-state index < -0.39 is 0 Å². The molecule has 0 aliphatic rings. The Kier molecular flexibility index (Phi) is 5.05. The second-order valence-electron chi connectivity index (χ2n) is 3.25. The molecule has 0 aliphatic carbocycles. The van der Waals surface area contributed by atoms with Gasteiger partial charge in [-0.3, -0.25) is 4.79 Å². The predicted octanol–water partition coefficient (Wildman–Crippen LogP) is 1.09. The topological polar surface area (TPSA) is 47.6 Å². The molecule has 4 heteroatoms. The maximum atomic E-state index is 10.8. The molecule has 0 spiro atoms. The number of carbonyl (C=O) groups excluding carboxylic acids is 1. The van der Waals surface area contributed by atoms with E-state index in [1.54, 1.807) is 12.1 Å². The molecule has 1 N–H and O–H groups in total. The van der Waals surface area contributed by atoms with Gasteiger partial charge < -0.3 is 14.8 Å². The minimum absolute atomic E-state index is 0.498. The lowest BCUT2D eigenvalue weighted by Gasteiger charge is -2.09. The lowest BCUT2D eigenvalue weighted by Crippen LogP contribution is -2.04. The SMILES string of the molecule is CNCC#Cc1c(OC)cc(C=O)cc1OC. The van der Waals surface area contributed by atoms with Crippen LogP contribution in [0.1, 0.15) is 15.9 Å². The van der Waals surface area contributed by atoms with Crippen molar-refractivity contribution < 1.29 is 14.3 Å². The van der Waals surface area contributed by atoms with Crippen molar-refractivity contribution in [2.75, 3.05) is 27.8 Å². The number of methoxy groups -OCH3 is 2. The van der Waals surface area contributed by atoms with E-state index in [1.165, 1.54) is 14.2 Å². The molecule has 17 heavy (non-hydrogen) atoms. The van der Waals surface area contributed by atoms with Crippen molar-refractivity contribution in [1.82, 2.24) is 5.32 Å². The van der Waals surface area contributed by atoms with Gasteiger partial charge in [-0.2, -0.15) is 0 Å². The molecule has 0 aromatic heterocycles. The minimum atomic E-state index is 0.498. The molecule has 0 fully saturated rings. The summed E-state index contributed by atoms with van der Waals surface area (Å²) in [6.07, 6.45) is 0.746. The van der Waals surface area contributed by atoms with E-state index in [1.807, 2.05) is 7.05 Å². The van der Waals surface area contributed by atoms with E-state index in [9.17, 15) is 4.79 Å². The van der Waals surface area contributed by atoms with Crippen molar-refractivity contribution in [3.8, 4) is 23.3 Å². The third-order valence-electron chi connectivity index (χ3n) is 2.14. The number of hydrogen-bond donors (Lipinski definition) is 1. The molecule has 0 amide bonds. The Hall–Kier alpha value is -1.99. The smallest absolute Gasteiger partial charge is 0.150 e. The van der Waals surface area contributed by atoms with Gasteiger partial charge in [-0.1, -0.05) is 11.8 Å². The van der Waals surface area contributed by atoms with Gasteiger partial charge in [0, 0.05) is 5.56 Å². The molecule has 0 saturated carbocycles. The van der Waals surface area contributed by atoms with Gasteiger partial charge in [0.05, 0.1) is 20.8 Å². The van der Waals surface area contributed by atoms with Gasteiger partial charge in [-0.15, -0.1) is 0 Å². The predicted molar refractivity (Wildman–Crippen MR) is 65.7 cm³/mol. The molecule has 0 saturated heterocycles. The average molecular weight is 233 g/mol. The summed E-state index contributed by atoms with van der Waals surface area (Å²) in [6.45, 7) is 0.571. The highest BCUT2D eigenvalue weighted by Crippen LogP contribution is 2.29. The van der Waals surface area contributed by atoms with Crippen molar-refractivity contribution >= 4 is 6.29 Å². The molecule has 0 atom stereocenters. The highest BCUT2D eigenvalue weighted by atomic mass is 16.5. The van der Waals surface area contributed by atoms with Crippen molar-refractivity contribution in [2.45, 2.75) is 0 Å². The van der Waals surface area contributed by atoms with E-state index in [-0.39, 0.29) is 0 Å². The van der Waals surface area contributed by atoms with Crippen molar-refractivity contribution in [3.63, 3.8) is 0 Å². The monoisotopic (exact) mass is 233 g/mol. The van der Waals surface area contributed by atoms with Crippen LogP contribution in [0.2, 0.25) is 0 Å². The zero-order valence-corrected chi connectivity index (χ0v) is 10.2. The second kappa shape index (κ2) is 6.56. The van der Waals surface area contributed by atoms with Gasteiger partial charge in [-0.05, 0) is 19.2 Å². The highest BCUT2D eigenvalue weighted by molar-refractivity contribution is 5.78. The molecule has 0 bridgehead atoms. The van der Waals surface area contributed by atoms with Crippen LogP contribution in [-0.4, -0.2) is 34.1 Å².